The Morgan fingerprint density at radius 1 is 1.03 bits per heavy atom. The van der Waals surface area contributed by atoms with Crippen LogP contribution in [0, 0.1) is 0 Å². The minimum Gasteiger partial charge on any atom is -0.507 e. The number of ketones is 1. The molecule has 1 fully saturated rings. The van der Waals surface area contributed by atoms with Crippen LogP contribution in [0.3, 0.4) is 0 Å². The summed E-state index contributed by atoms with van der Waals surface area (Å²) in [6.07, 6.45) is 1.78. The summed E-state index contributed by atoms with van der Waals surface area (Å²) < 4.78 is 5.47. The van der Waals surface area contributed by atoms with Crippen molar-refractivity contribution in [2.45, 2.75) is 12.6 Å². The molecule has 2 heterocycles. The van der Waals surface area contributed by atoms with Gasteiger partial charge in [-0.2, -0.15) is 0 Å². The number of hydrogen-bond acceptors (Lipinski definition) is 4. The fourth-order valence-corrected chi connectivity index (χ4v) is 4.59. The van der Waals surface area contributed by atoms with Gasteiger partial charge in [-0.05, 0) is 36.4 Å². The maximum absolute atomic E-state index is 13.3. The lowest BCUT2D eigenvalue weighted by Gasteiger charge is -2.25. The molecule has 0 radical (unpaired) electrons. The topological polar surface area (TPSA) is 82.6 Å². The number of carbonyl (C=O) groups is 2. The van der Waals surface area contributed by atoms with E-state index >= 15 is 0 Å². The Morgan fingerprint density at radius 2 is 1.74 bits per heavy atom. The molecule has 1 aliphatic rings. The minimum absolute atomic E-state index is 0.0342. The molecule has 1 atom stereocenters. The third kappa shape index (κ3) is 3.62. The number of benzene rings is 3. The number of para-hydroxylation sites is 2. The molecular weight excluding hydrogens is 452 g/mol. The molecule has 3 aromatic carbocycles. The molecule has 1 amide bonds. The first-order valence-corrected chi connectivity index (χ1v) is 11.1. The summed E-state index contributed by atoms with van der Waals surface area (Å²) in [7, 11) is 1.56. The molecule has 4 aromatic rings. The summed E-state index contributed by atoms with van der Waals surface area (Å²) in [4.78, 5) is 31.3. The highest BCUT2D eigenvalue weighted by molar-refractivity contribution is 6.46. The van der Waals surface area contributed by atoms with Crippen molar-refractivity contribution in [3.63, 3.8) is 0 Å². The van der Waals surface area contributed by atoms with E-state index in [4.69, 9.17) is 16.3 Å². The number of halogens is 1. The molecule has 1 unspecified atom stereocenters. The van der Waals surface area contributed by atoms with Crippen LogP contribution < -0.4 is 4.74 Å². The standard InChI is InChI=1S/C27H21ClN2O4/c1-34-22-9-5-2-6-17(22)15-30-24(20-14-29-21-8-4-3-7-19(20)21)23(26(32)27(30)33)25(31)16-10-12-18(28)13-11-16/h2-14,24,29,31H,15H2,1H3/b25-23+. The number of hydrogen-bond donors (Lipinski definition) is 2. The van der Waals surface area contributed by atoms with Gasteiger partial charge in [0, 0.05) is 38.8 Å². The molecule has 0 aliphatic carbocycles. The van der Waals surface area contributed by atoms with Gasteiger partial charge in [0.1, 0.15) is 11.5 Å². The smallest absolute Gasteiger partial charge is 0.295 e. The fraction of sp³-hybridized carbons (Fsp3) is 0.111. The van der Waals surface area contributed by atoms with Crippen LogP contribution in [0.15, 0.2) is 84.6 Å². The first-order valence-electron chi connectivity index (χ1n) is 10.7. The number of carbonyl (C=O) groups excluding carboxylic acids is 2. The van der Waals surface area contributed by atoms with E-state index in [0.29, 0.717) is 16.3 Å². The molecule has 1 saturated heterocycles. The molecule has 0 saturated carbocycles. The number of aromatic amines is 1. The number of aliphatic hydroxyl groups excluding tert-OH is 1. The number of fused-ring (bicyclic) bond motifs is 1. The summed E-state index contributed by atoms with van der Waals surface area (Å²) >= 11 is 6.00. The number of aromatic nitrogens is 1. The summed E-state index contributed by atoms with van der Waals surface area (Å²) in [5, 5.41) is 12.6. The van der Waals surface area contributed by atoms with Crippen molar-refractivity contribution >= 4 is 40.0 Å². The quantitative estimate of drug-likeness (QED) is 0.230. The second-order valence-electron chi connectivity index (χ2n) is 8.04. The monoisotopic (exact) mass is 472 g/mol. The van der Waals surface area contributed by atoms with Crippen LogP contribution in [0.5, 0.6) is 5.75 Å². The number of aliphatic hydroxyl groups is 1. The molecule has 2 N–H and O–H groups in total. The first-order chi connectivity index (χ1) is 16.5. The molecule has 6 nitrogen and oxygen atoms in total. The number of rotatable bonds is 5. The Kier molecular flexibility index (Phi) is 5.59. The Balaban J connectivity index is 1.71. The number of nitrogens with one attached hydrogen (secondary N) is 1. The summed E-state index contributed by atoms with van der Waals surface area (Å²) in [5.41, 5.74) is 2.78. The van der Waals surface area contributed by atoms with E-state index in [1.807, 2.05) is 42.5 Å². The molecular formula is C27H21ClN2O4. The number of methoxy groups -OCH3 is 1. The van der Waals surface area contributed by atoms with E-state index in [2.05, 4.69) is 4.98 Å². The zero-order chi connectivity index (χ0) is 23.8. The predicted octanol–water partition coefficient (Wildman–Crippen LogP) is 5.45. The third-order valence-corrected chi connectivity index (χ3v) is 6.36. The van der Waals surface area contributed by atoms with Crippen molar-refractivity contribution in [1.82, 2.24) is 9.88 Å². The predicted molar refractivity (Wildman–Crippen MR) is 131 cm³/mol. The largest absolute Gasteiger partial charge is 0.507 e. The van der Waals surface area contributed by atoms with Crippen molar-refractivity contribution in [3.8, 4) is 5.75 Å². The van der Waals surface area contributed by atoms with Crippen LogP contribution in [0.1, 0.15) is 22.7 Å². The van der Waals surface area contributed by atoms with Crippen molar-refractivity contribution in [2.75, 3.05) is 7.11 Å². The Bertz CT molecular complexity index is 1440. The van der Waals surface area contributed by atoms with Gasteiger partial charge in [-0.1, -0.05) is 48.0 Å². The van der Waals surface area contributed by atoms with E-state index in [0.717, 1.165) is 22.0 Å². The van der Waals surface area contributed by atoms with Crippen LogP contribution >= 0.6 is 11.6 Å². The van der Waals surface area contributed by atoms with Crippen LogP contribution in [0.2, 0.25) is 5.02 Å². The van der Waals surface area contributed by atoms with Gasteiger partial charge < -0.3 is 19.7 Å². The molecule has 34 heavy (non-hydrogen) atoms. The summed E-state index contributed by atoms with van der Waals surface area (Å²) in [5.74, 6) is -1.05. The molecule has 0 bridgehead atoms. The molecule has 5 rings (SSSR count). The Hall–Kier alpha value is -4.03. The molecule has 170 valence electrons. The zero-order valence-corrected chi connectivity index (χ0v) is 19.0. The number of ether oxygens (including phenoxy) is 1. The molecule has 7 heteroatoms. The van der Waals surface area contributed by atoms with Gasteiger partial charge in [0.15, 0.2) is 0 Å². The van der Waals surface area contributed by atoms with Gasteiger partial charge in [-0.15, -0.1) is 0 Å². The summed E-state index contributed by atoms with van der Waals surface area (Å²) in [6.45, 7) is 0.135. The average Bonchev–Trinajstić information content (AvgIpc) is 3.39. The van der Waals surface area contributed by atoms with Gasteiger partial charge in [0.2, 0.25) is 0 Å². The number of Topliss-reactive ketones (excluding diaryl/α,β-unsaturated/α-hetero) is 1. The highest BCUT2D eigenvalue weighted by Gasteiger charge is 2.47. The number of H-pyrrole nitrogens is 1. The lowest BCUT2D eigenvalue weighted by atomic mass is 9.94. The van der Waals surface area contributed by atoms with E-state index < -0.39 is 17.7 Å². The lowest BCUT2D eigenvalue weighted by molar-refractivity contribution is -0.140. The fourth-order valence-electron chi connectivity index (χ4n) is 4.47. The Morgan fingerprint density at radius 3 is 2.50 bits per heavy atom. The maximum Gasteiger partial charge on any atom is 0.295 e. The highest BCUT2D eigenvalue weighted by Crippen LogP contribution is 2.43. The third-order valence-electron chi connectivity index (χ3n) is 6.11. The molecule has 0 spiro atoms. The van der Waals surface area contributed by atoms with Crippen LogP contribution in [-0.2, 0) is 16.1 Å². The zero-order valence-electron chi connectivity index (χ0n) is 18.3. The van der Waals surface area contributed by atoms with Crippen LogP contribution in [0.25, 0.3) is 16.7 Å². The normalized spacial score (nSPS) is 17.5. The minimum atomic E-state index is -0.795. The summed E-state index contributed by atoms with van der Waals surface area (Å²) in [6, 6.07) is 20.7. The van der Waals surface area contributed by atoms with E-state index in [1.165, 1.54) is 4.90 Å². The second kappa shape index (κ2) is 8.72. The van der Waals surface area contributed by atoms with E-state index in [9.17, 15) is 14.7 Å². The van der Waals surface area contributed by atoms with Gasteiger partial charge in [0.05, 0.1) is 25.3 Å². The first kappa shape index (κ1) is 21.8. The van der Waals surface area contributed by atoms with Gasteiger partial charge in [-0.3, -0.25) is 9.59 Å². The van der Waals surface area contributed by atoms with E-state index in [1.54, 1.807) is 43.6 Å². The number of nitrogens with zero attached hydrogens (tertiary/aromatic N) is 1. The SMILES string of the molecule is COc1ccccc1CN1C(=O)C(=O)/C(=C(/O)c2ccc(Cl)cc2)C1c1c[nH]c2ccccc12. The Labute approximate surface area is 201 Å². The highest BCUT2D eigenvalue weighted by atomic mass is 35.5. The van der Waals surface area contributed by atoms with Gasteiger partial charge in [0.25, 0.3) is 11.7 Å². The van der Waals surface area contributed by atoms with Crippen molar-refractivity contribution in [2.24, 2.45) is 0 Å². The van der Waals surface area contributed by atoms with E-state index in [-0.39, 0.29) is 17.9 Å². The second-order valence-corrected chi connectivity index (χ2v) is 8.47. The van der Waals surface area contributed by atoms with Crippen LogP contribution in [-0.4, -0.2) is 33.8 Å². The van der Waals surface area contributed by atoms with Crippen LogP contribution in [0.4, 0.5) is 0 Å². The maximum atomic E-state index is 13.3. The van der Waals surface area contributed by atoms with Crippen molar-refractivity contribution < 1.29 is 19.4 Å². The number of likely N-dealkylation sites (tertiary alicyclic amines) is 1. The average molecular weight is 473 g/mol. The lowest BCUT2D eigenvalue weighted by Crippen LogP contribution is -2.29. The van der Waals surface area contributed by atoms with Gasteiger partial charge >= 0.3 is 0 Å². The molecule has 1 aromatic heterocycles. The molecule has 1 aliphatic heterocycles. The van der Waals surface area contributed by atoms with Gasteiger partial charge in [-0.25, -0.2) is 0 Å². The van der Waals surface area contributed by atoms with Crippen molar-refractivity contribution in [3.05, 3.63) is 106 Å². The van der Waals surface area contributed by atoms with Crippen molar-refractivity contribution in [1.29, 1.82) is 0 Å². The number of amides is 1.